The molecule has 0 saturated carbocycles. The number of hydrazine groups is 1. The Hall–Kier alpha value is -2.01. The predicted molar refractivity (Wildman–Crippen MR) is 57.8 cm³/mol. The Bertz CT molecular complexity index is 469. The quantitative estimate of drug-likeness (QED) is 0.562. The molecule has 0 aliphatic heterocycles. The molecule has 0 spiro atoms. The molecule has 0 aliphatic carbocycles. The highest BCUT2D eigenvalue weighted by Crippen LogP contribution is 2.18. The molecule has 0 atom stereocenters. The maximum atomic E-state index is 5.28. The van der Waals surface area contributed by atoms with Crippen LogP contribution in [0.5, 0.6) is 0 Å². The van der Waals surface area contributed by atoms with Gasteiger partial charge in [0.25, 0.3) is 0 Å². The van der Waals surface area contributed by atoms with Crippen LogP contribution in [0.25, 0.3) is 11.4 Å². The average Bonchev–Trinajstić information content (AvgIpc) is 2.30. The van der Waals surface area contributed by atoms with Crippen molar-refractivity contribution in [3.63, 3.8) is 0 Å². The van der Waals surface area contributed by atoms with Crippen molar-refractivity contribution in [2.24, 2.45) is 5.84 Å². The van der Waals surface area contributed by atoms with Gasteiger partial charge in [0, 0.05) is 30.2 Å². The van der Waals surface area contributed by atoms with Gasteiger partial charge in [-0.25, -0.2) is 15.8 Å². The van der Waals surface area contributed by atoms with Crippen LogP contribution < -0.4 is 11.3 Å². The number of rotatable bonds is 2. The summed E-state index contributed by atoms with van der Waals surface area (Å²) in [5, 5.41) is 0. The van der Waals surface area contributed by atoms with Gasteiger partial charge in [-0.3, -0.25) is 4.98 Å². The predicted octanol–water partition coefficient (Wildman–Crippen LogP) is 1.13. The summed E-state index contributed by atoms with van der Waals surface area (Å²) in [6.07, 6.45) is 5.14. The third-order valence-corrected chi connectivity index (χ3v) is 2.08. The van der Waals surface area contributed by atoms with Gasteiger partial charge in [-0.05, 0) is 18.6 Å². The normalized spacial score (nSPS) is 10.0. The number of hydrogen-bond acceptors (Lipinski definition) is 5. The lowest BCUT2D eigenvalue weighted by atomic mass is 10.1. The fourth-order valence-electron chi connectivity index (χ4n) is 1.27. The molecule has 2 aromatic heterocycles. The summed E-state index contributed by atoms with van der Waals surface area (Å²) in [6, 6.07) is 3.62. The van der Waals surface area contributed by atoms with E-state index in [9.17, 15) is 0 Å². The summed E-state index contributed by atoms with van der Waals surface area (Å²) in [5.74, 6) is 6.49. The Balaban J connectivity index is 2.49. The van der Waals surface area contributed by atoms with Crippen LogP contribution in [0.1, 0.15) is 5.56 Å². The van der Waals surface area contributed by atoms with Crippen molar-refractivity contribution in [2.45, 2.75) is 6.92 Å². The smallest absolute Gasteiger partial charge is 0.163 e. The molecule has 0 aliphatic rings. The van der Waals surface area contributed by atoms with E-state index in [0.29, 0.717) is 11.6 Å². The highest BCUT2D eigenvalue weighted by molar-refractivity contribution is 5.59. The first-order chi connectivity index (χ1) is 7.31. The van der Waals surface area contributed by atoms with Crippen LogP contribution in [0.2, 0.25) is 0 Å². The summed E-state index contributed by atoms with van der Waals surface area (Å²) in [5.41, 5.74) is 4.48. The minimum atomic E-state index is 0.586. The largest absolute Gasteiger partial charge is 0.308 e. The van der Waals surface area contributed by atoms with Crippen molar-refractivity contribution in [2.75, 3.05) is 5.43 Å². The molecule has 0 fully saturated rings. The number of aryl methyl sites for hydroxylation is 1. The molecule has 2 aromatic rings. The number of nitrogens with zero attached hydrogens (tertiary/aromatic N) is 3. The SMILES string of the molecule is Cc1ccncc1-c1nccc(NN)n1. The number of nitrogens with two attached hydrogens (primary N) is 1. The van der Waals surface area contributed by atoms with Gasteiger partial charge < -0.3 is 5.43 Å². The van der Waals surface area contributed by atoms with E-state index in [4.69, 9.17) is 5.84 Å². The Morgan fingerprint density at radius 1 is 1.27 bits per heavy atom. The summed E-state index contributed by atoms with van der Waals surface area (Å²) in [4.78, 5) is 12.5. The molecule has 0 radical (unpaired) electrons. The van der Waals surface area contributed by atoms with E-state index in [1.807, 2.05) is 13.0 Å². The van der Waals surface area contributed by atoms with Crippen molar-refractivity contribution >= 4 is 5.82 Å². The minimum Gasteiger partial charge on any atom is -0.308 e. The molecule has 5 heteroatoms. The zero-order valence-electron chi connectivity index (χ0n) is 8.31. The summed E-state index contributed by atoms with van der Waals surface area (Å²) >= 11 is 0. The van der Waals surface area contributed by atoms with Crippen molar-refractivity contribution in [3.05, 3.63) is 36.3 Å². The first-order valence-corrected chi connectivity index (χ1v) is 4.52. The molecular weight excluding hydrogens is 190 g/mol. The van der Waals surface area contributed by atoms with E-state index >= 15 is 0 Å². The molecule has 0 saturated heterocycles. The van der Waals surface area contributed by atoms with Crippen LogP contribution in [0, 0.1) is 6.92 Å². The van der Waals surface area contributed by atoms with Crippen LogP contribution in [0.4, 0.5) is 5.82 Å². The molecule has 5 nitrogen and oxygen atoms in total. The van der Waals surface area contributed by atoms with Crippen LogP contribution in [-0.4, -0.2) is 15.0 Å². The van der Waals surface area contributed by atoms with Gasteiger partial charge >= 0.3 is 0 Å². The number of anilines is 1. The van der Waals surface area contributed by atoms with E-state index in [1.54, 1.807) is 24.7 Å². The molecule has 76 valence electrons. The summed E-state index contributed by atoms with van der Waals surface area (Å²) < 4.78 is 0. The molecule has 0 aromatic carbocycles. The topological polar surface area (TPSA) is 76.7 Å². The molecule has 0 bridgehead atoms. The highest BCUT2D eigenvalue weighted by Gasteiger charge is 2.04. The average molecular weight is 201 g/mol. The highest BCUT2D eigenvalue weighted by atomic mass is 15.3. The van der Waals surface area contributed by atoms with Crippen molar-refractivity contribution < 1.29 is 0 Å². The Labute approximate surface area is 87.4 Å². The van der Waals surface area contributed by atoms with E-state index in [-0.39, 0.29) is 0 Å². The van der Waals surface area contributed by atoms with Gasteiger partial charge in [0.05, 0.1) is 0 Å². The van der Waals surface area contributed by atoms with Gasteiger partial charge in [-0.15, -0.1) is 0 Å². The van der Waals surface area contributed by atoms with Gasteiger partial charge in [0.15, 0.2) is 5.82 Å². The van der Waals surface area contributed by atoms with Crippen molar-refractivity contribution in [3.8, 4) is 11.4 Å². The van der Waals surface area contributed by atoms with Crippen LogP contribution in [0.3, 0.4) is 0 Å². The lowest BCUT2D eigenvalue weighted by molar-refractivity contribution is 1.13. The number of nitrogen functional groups attached to an aromatic ring is 1. The zero-order valence-corrected chi connectivity index (χ0v) is 8.31. The third-order valence-electron chi connectivity index (χ3n) is 2.08. The van der Waals surface area contributed by atoms with Crippen LogP contribution >= 0.6 is 0 Å². The molecule has 15 heavy (non-hydrogen) atoms. The second-order valence-electron chi connectivity index (χ2n) is 3.10. The van der Waals surface area contributed by atoms with E-state index in [2.05, 4.69) is 20.4 Å². The fraction of sp³-hybridized carbons (Fsp3) is 0.100. The second kappa shape index (κ2) is 4.02. The maximum Gasteiger partial charge on any atom is 0.163 e. The Morgan fingerprint density at radius 3 is 2.87 bits per heavy atom. The first-order valence-electron chi connectivity index (χ1n) is 4.52. The number of aromatic nitrogens is 3. The standard InChI is InChI=1S/C10H11N5/c1-7-2-4-12-6-8(7)10-13-5-3-9(14-10)15-11/h2-6H,11H2,1H3,(H,13,14,15). The van der Waals surface area contributed by atoms with Gasteiger partial charge in [-0.2, -0.15) is 0 Å². The monoisotopic (exact) mass is 201 g/mol. The lowest BCUT2D eigenvalue weighted by Crippen LogP contribution is -2.09. The molecular formula is C10H11N5. The van der Waals surface area contributed by atoms with Gasteiger partial charge in [0.1, 0.15) is 5.82 Å². The summed E-state index contributed by atoms with van der Waals surface area (Å²) in [6.45, 7) is 1.99. The minimum absolute atomic E-state index is 0.586. The zero-order chi connectivity index (χ0) is 10.7. The summed E-state index contributed by atoms with van der Waals surface area (Å²) in [7, 11) is 0. The van der Waals surface area contributed by atoms with Gasteiger partial charge in [-0.1, -0.05) is 0 Å². The Kier molecular flexibility index (Phi) is 2.55. The third kappa shape index (κ3) is 1.92. The number of pyridine rings is 1. The van der Waals surface area contributed by atoms with E-state index < -0.39 is 0 Å². The van der Waals surface area contributed by atoms with E-state index in [0.717, 1.165) is 11.1 Å². The van der Waals surface area contributed by atoms with Gasteiger partial charge in [0.2, 0.25) is 0 Å². The number of nitrogens with one attached hydrogen (secondary N) is 1. The Morgan fingerprint density at radius 2 is 2.13 bits per heavy atom. The molecule has 2 heterocycles. The first kappa shape index (κ1) is 9.54. The molecule has 3 N–H and O–H groups in total. The lowest BCUT2D eigenvalue weighted by Gasteiger charge is -2.04. The molecule has 2 rings (SSSR count). The van der Waals surface area contributed by atoms with Crippen LogP contribution in [-0.2, 0) is 0 Å². The van der Waals surface area contributed by atoms with E-state index in [1.165, 1.54) is 0 Å². The van der Waals surface area contributed by atoms with Crippen molar-refractivity contribution in [1.82, 2.24) is 15.0 Å². The second-order valence-corrected chi connectivity index (χ2v) is 3.10. The maximum absolute atomic E-state index is 5.28. The fourth-order valence-corrected chi connectivity index (χ4v) is 1.27. The molecule has 0 amide bonds. The van der Waals surface area contributed by atoms with Crippen LogP contribution in [0.15, 0.2) is 30.7 Å². The number of hydrogen-bond donors (Lipinski definition) is 2. The van der Waals surface area contributed by atoms with Crippen molar-refractivity contribution in [1.29, 1.82) is 0 Å². The molecule has 0 unspecified atom stereocenters.